The van der Waals surface area contributed by atoms with Gasteiger partial charge in [0.15, 0.2) is 0 Å². The summed E-state index contributed by atoms with van der Waals surface area (Å²) in [6, 6.07) is 5.44. The summed E-state index contributed by atoms with van der Waals surface area (Å²) >= 11 is 1.50. The van der Waals surface area contributed by atoms with Crippen molar-refractivity contribution in [1.29, 1.82) is 0 Å². The topological polar surface area (TPSA) is 38.0 Å². The molecule has 0 radical (unpaired) electrons. The van der Waals surface area contributed by atoms with Gasteiger partial charge in [-0.3, -0.25) is 4.72 Å². The third kappa shape index (κ3) is 5.52. The van der Waals surface area contributed by atoms with Gasteiger partial charge >= 0.3 is 6.18 Å². The minimum absolute atomic E-state index is 0.0442. The molecule has 0 aliphatic carbocycles. The molecule has 1 atom stereocenters. The van der Waals surface area contributed by atoms with Gasteiger partial charge in [0.2, 0.25) is 0 Å². The zero-order valence-electron chi connectivity index (χ0n) is 12.8. The first kappa shape index (κ1) is 18.3. The van der Waals surface area contributed by atoms with Crippen LogP contribution in [-0.4, -0.2) is 11.3 Å². The van der Waals surface area contributed by atoms with Crippen molar-refractivity contribution in [2.45, 2.75) is 50.6 Å². The Morgan fingerprint density at radius 3 is 2.14 bits per heavy atom. The van der Waals surface area contributed by atoms with Crippen LogP contribution < -0.4 is 10.5 Å². The molecular formula is C15H23F3N2S. The van der Waals surface area contributed by atoms with Crippen molar-refractivity contribution in [3.05, 3.63) is 35.4 Å². The van der Waals surface area contributed by atoms with Crippen LogP contribution in [0.5, 0.6) is 0 Å². The molecule has 0 aliphatic heterocycles. The van der Waals surface area contributed by atoms with E-state index in [1.165, 1.54) is 24.1 Å². The lowest BCUT2D eigenvalue weighted by Gasteiger charge is -2.34. The molecule has 0 spiro atoms. The smallest absolute Gasteiger partial charge is 0.330 e. The monoisotopic (exact) mass is 320 g/mol. The first-order valence-corrected chi connectivity index (χ1v) is 7.62. The lowest BCUT2D eigenvalue weighted by Crippen LogP contribution is -2.39. The second kappa shape index (κ2) is 6.58. The van der Waals surface area contributed by atoms with E-state index in [9.17, 15) is 13.2 Å². The maximum atomic E-state index is 12.9. The maximum absolute atomic E-state index is 12.9. The zero-order chi connectivity index (χ0) is 16.3. The van der Waals surface area contributed by atoms with Crippen LogP contribution in [0.15, 0.2) is 24.3 Å². The van der Waals surface area contributed by atoms with E-state index in [2.05, 4.69) is 4.72 Å². The first-order valence-electron chi connectivity index (χ1n) is 6.81. The van der Waals surface area contributed by atoms with Crippen LogP contribution in [0.25, 0.3) is 0 Å². The fraction of sp³-hybridized carbons (Fsp3) is 0.600. The Balaban J connectivity index is 3.10. The molecule has 0 saturated heterocycles. The van der Waals surface area contributed by atoms with Crippen molar-refractivity contribution >= 4 is 11.9 Å². The Morgan fingerprint density at radius 2 is 1.67 bits per heavy atom. The zero-order valence-corrected chi connectivity index (χ0v) is 13.7. The van der Waals surface area contributed by atoms with Gasteiger partial charge in [0.25, 0.3) is 0 Å². The molecule has 0 aliphatic rings. The molecule has 0 fully saturated rings. The number of halogens is 3. The Kier molecular flexibility index (Phi) is 5.75. The maximum Gasteiger partial charge on any atom is 0.416 e. The lowest BCUT2D eigenvalue weighted by atomic mass is 9.88. The van der Waals surface area contributed by atoms with Crippen LogP contribution in [0.2, 0.25) is 0 Å². The molecule has 120 valence electrons. The van der Waals surface area contributed by atoms with Gasteiger partial charge in [-0.15, -0.1) is 0 Å². The van der Waals surface area contributed by atoms with Gasteiger partial charge in [0.05, 0.1) is 11.1 Å². The lowest BCUT2D eigenvalue weighted by molar-refractivity contribution is -0.137. The van der Waals surface area contributed by atoms with Crippen molar-refractivity contribution in [1.82, 2.24) is 4.72 Å². The molecule has 6 heteroatoms. The number of rotatable bonds is 5. The number of benzene rings is 1. The molecule has 21 heavy (non-hydrogen) atoms. The molecule has 1 unspecified atom stereocenters. The molecule has 0 saturated carbocycles. The summed E-state index contributed by atoms with van der Waals surface area (Å²) in [7, 11) is 0. The fourth-order valence-electron chi connectivity index (χ4n) is 1.85. The summed E-state index contributed by atoms with van der Waals surface area (Å²) in [5.41, 5.74) is 5.00. The molecule has 0 heterocycles. The van der Waals surface area contributed by atoms with Crippen LogP contribution in [0.1, 0.15) is 45.2 Å². The summed E-state index contributed by atoms with van der Waals surface area (Å²) in [5.74, 6) is 0. The first-order chi connectivity index (χ1) is 9.48. The second-order valence-electron chi connectivity index (χ2n) is 6.27. The quantitative estimate of drug-likeness (QED) is 0.794. The molecule has 0 amide bonds. The van der Waals surface area contributed by atoms with Gasteiger partial charge in [-0.25, -0.2) is 0 Å². The van der Waals surface area contributed by atoms with E-state index >= 15 is 0 Å². The molecule has 1 rings (SSSR count). The van der Waals surface area contributed by atoms with E-state index in [0.29, 0.717) is 18.5 Å². The molecule has 0 bridgehead atoms. The van der Waals surface area contributed by atoms with E-state index in [-0.39, 0.29) is 4.75 Å². The van der Waals surface area contributed by atoms with Crippen LogP contribution >= 0.6 is 11.9 Å². The predicted octanol–water partition coefficient (Wildman–Crippen LogP) is 4.31. The van der Waals surface area contributed by atoms with Crippen molar-refractivity contribution < 1.29 is 13.2 Å². The van der Waals surface area contributed by atoms with Crippen LogP contribution in [-0.2, 0) is 11.7 Å². The van der Waals surface area contributed by atoms with Crippen molar-refractivity contribution in [3.8, 4) is 0 Å². The number of alkyl halides is 3. The van der Waals surface area contributed by atoms with Crippen LogP contribution in [0.4, 0.5) is 13.2 Å². The SMILES string of the molecule is CC(C)(C)SNC(C)(CCN)c1cccc(C(F)(F)F)c1. The third-order valence-electron chi connectivity index (χ3n) is 3.05. The van der Waals surface area contributed by atoms with Crippen LogP contribution in [0, 0.1) is 0 Å². The Hall–Kier alpha value is -0.720. The van der Waals surface area contributed by atoms with E-state index in [1.807, 2.05) is 27.7 Å². The van der Waals surface area contributed by atoms with Crippen molar-refractivity contribution in [3.63, 3.8) is 0 Å². The van der Waals surface area contributed by atoms with Crippen molar-refractivity contribution in [2.24, 2.45) is 5.73 Å². The largest absolute Gasteiger partial charge is 0.416 e. The Bertz CT molecular complexity index is 469. The van der Waals surface area contributed by atoms with Gasteiger partial charge in [-0.05, 0) is 58.4 Å². The summed E-state index contributed by atoms with van der Waals surface area (Å²) < 4.78 is 41.9. The number of hydrogen-bond donors (Lipinski definition) is 2. The normalized spacial score (nSPS) is 15.8. The third-order valence-corrected chi connectivity index (χ3v) is 4.22. The van der Waals surface area contributed by atoms with Gasteiger partial charge in [0.1, 0.15) is 0 Å². The van der Waals surface area contributed by atoms with E-state index in [4.69, 9.17) is 5.73 Å². The van der Waals surface area contributed by atoms with Crippen LogP contribution in [0.3, 0.4) is 0 Å². The molecule has 0 aromatic heterocycles. The highest BCUT2D eigenvalue weighted by atomic mass is 32.2. The van der Waals surface area contributed by atoms with Gasteiger partial charge < -0.3 is 5.73 Å². The van der Waals surface area contributed by atoms with Gasteiger partial charge in [0, 0.05) is 4.75 Å². The minimum Gasteiger partial charge on any atom is -0.330 e. The number of nitrogens with one attached hydrogen (secondary N) is 1. The van der Waals surface area contributed by atoms with E-state index < -0.39 is 17.3 Å². The average molecular weight is 320 g/mol. The fourth-order valence-corrected chi connectivity index (χ4v) is 2.60. The van der Waals surface area contributed by atoms with Gasteiger partial charge in [-0.2, -0.15) is 13.2 Å². The summed E-state index contributed by atoms with van der Waals surface area (Å²) in [6.07, 6.45) is -3.78. The van der Waals surface area contributed by atoms with Gasteiger partial charge in [-0.1, -0.05) is 24.1 Å². The minimum atomic E-state index is -4.34. The number of nitrogens with two attached hydrogens (primary N) is 1. The molecular weight excluding hydrogens is 297 g/mol. The summed E-state index contributed by atoms with van der Waals surface area (Å²) in [6.45, 7) is 8.40. The molecule has 2 nitrogen and oxygen atoms in total. The highest BCUT2D eigenvalue weighted by Crippen LogP contribution is 2.35. The molecule has 1 aromatic carbocycles. The standard InChI is InChI=1S/C15H23F3N2S/c1-13(2,3)21-20-14(4,8-9-19)11-6-5-7-12(10-11)15(16,17)18/h5-7,10,20H,8-9,19H2,1-4H3. The Morgan fingerprint density at radius 1 is 1.10 bits per heavy atom. The average Bonchev–Trinajstić information content (AvgIpc) is 2.35. The van der Waals surface area contributed by atoms with E-state index in [1.54, 1.807) is 6.07 Å². The Labute approximate surface area is 128 Å². The van der Waals surface area contributed by atoms with E-state index in [0.717, 1.165) is 6.07 Å². The summed E-state index contributed by atoms with van der Waals surface area (Å²) in [5, 5.41) is 0. The summed E-state index contributed by atoms with van der Waals surface area (Å²) in [4.78, 5) is 0. The molecule has 3 N–H and O–H groups in total. The predicted molar refractivity (Wildman–Crippen MR) is 82.9 cm³/mol. The molecule has 1 aromatic rings. The highest BCUT2D eigenvalue weighted by molar-refractivity contribution is 7.98. The number of hydrogen-bond acceptors (Lipinski definition) is 3. The highest BCUT2D eigenvalue weighted by Gasteiger charge is 2.33. The van der Waals surface area contributed by atoms with Crippen molar-refractivity contribution in [2.75, 3.05) is 6.54 Å². The second-order valence-corrected chi connectivity index (χ2v) is 7.90.